The highest BCUT2D eigenvalue weighted by Gasteiger charge is 2.38. The van der Waals surface area contributed by atoms with Crippen LogP contribution in [-0.2, 0) is 0 Å². The molecule has 0 aromatic rings. The Bertz CT molecular complexity index is 165. The Balaban J connectivity index is 1.72. The zero-order chi connectivity index (χ0) is 8.60. The molecule has 0 amide bonds. The summed E-state index contributed by atoms with van der Waals surface area (Å²) >= 11 is 0. The molecule has 0 heterocycles. The highest BCUT2D eigenvalue weighted by atomic mass is 19.1. The molecule has 70 valence electrons. The van der Waals surface area contributed by atoms with Gasteiger partial charge in [-0.1, -0.05) is 6.92 Å². The van der Waals surface area contributed by atoms with E-state index in [-0.39, 0.29) is 6.04 Å². The molecule has 0 aromatic carbocycles. The molecule has 2 aliphatic carbocycles. The Morgan fingerprint density at radius 3 is 2.67 bits per heavy atom. The fourth-order valence-electron chi connectivity index (χ4n) is 1.91. The van der Waals surface area contributed by atoms with Crippen molar-refractivity contribution in [2.45, 2.75) is 51.2 Å². The summed E-state index contributed by atoms with van der Waals surface area (Å²) in [4.78, 5) is 0. The maximum atomic E-state index is 13.1. The predicted octanol–water partition coefficient (Wildman–Crippen LogP) is 2.27. The Hall–Kier alpha value is -0.110. The van der Waals surface area contributed by atoms with Gasteiger partial charge in [0.1, 0.15) is 6.17 Å². The summed E-state index contributed by atoms with van der Waals surface area (Å²) in [6.07, 6.45) is 4.95. The number of rotatable bonds is 3. The fourth-order valence-corrected chi connectivity index (χ4v) is 1.91. The average molecular weight is 171 g/mol. The Labute approximate surface area is 73.7 Å². The second kappa shape index (κ2) is 2.99. The second-order valence-corrected chi connectivity index (χ2v) is 4.74. The summed E-state index contributed by atoms with van der Waals surface area (Å²) < 4.78 is 13.1. The quantitative estimate of drug-likeness (QED) is 0.687. The van der Waals surface area contributed by atoms with E-state index in [4.69, 9.17) is 0 Å². The first-order valence-corrected chi connectivity index (χ1v) is 5.07. The Kier molecular flexibility index (Phi) is 2.11. The molecule has 2 atom stereocenters. The first-order valence-electron chi connectivity index (χ1n) is 5.07. The lowest BCUT2D eigenvalue weighted by Crippen LogP contribution is -2.36. The van der Waals surface area contributed by atoms with E-state index in [1.807, 2.05) is 0 Å². The molecular formula is C10H18FN. The molecule has 0 bridgehead atoms. The van der Waals surface area contributed by atoms with E-state index in [2.05, 4.69) is 12.2 Å². The SMILES string of the molecule is CC1(CN[C@@H]2CCC[C@@H]2F)CC1. The molecule has 0 radical (unpaired) electrons. The second-order valence-electron chi connectivity index (χ2n) is 4.74. The van der Waals surface area contributed by atoms with Crippen LogP contribution in [-0.4, -0.2) is 18.8 Å². The smallest absolute Gasteiger partial charge is 0.115 e. The molecule has 0 unspecified atom stereocenters. The molecule has 2 rings (SSSR count). The van der Waals surface area contributed by atoms with Gasteiger partial charge in [-0.25, -0.2) is 4.39 Å². The van der Waals surface area contributed by atoms with Gasteiger partial charge in [0.2, 0.25) is 0 Å². The van der Waals surface area contributed by atoms with Crippen LogP contribution in [0.5, 0.6) is 0 Å². The molecular weight excluding hydrogens is 153 g/mol. The molecule has 2 aliphatic rings. The molecule has 2 fully saturated rings. The Morgan fingerprint density at radius 2 is 2.17 bits per heavy atom. The van der Waals surface area contributed by atoms with Crippen LogP contribution < -0.4 is 5.32 Å². The van der Waals surface area contributed by atoms with E-state index in [1.54, 1.807) is 0 Å². The molecule has 2 saturated carbocycles. The third kappa shape index (κ3) is 1.79. The minimum Gasteiger partial charge on any atom is -0.311 e. The standard InChI is InChI=1S/C10H18FN/c1-10(5-6-10)7-12-9-4-2-3-8(9)11/h8-9,12H,2-7H2,1H3/t8-,9+/m0/s1. The van der Waals surface area contributed by atoms with Crippen LogP contribution in [0.4, 0.5) is 4.39 Å². The van der Waals surface area contributed by atoms with Gasteiger partial charge < -0.3 is 5.32 Å². The normalized spacial score (nSPS) is 38.5. The molecule has 1 nitrogen and oxygen atoms in total. The molecule has 0 saturated heterocycles. The highest BCUT2D eigenvalue weighted by Crippen LogP contribution is 2.44. The van der Waals surface area contributed by atoms with Crippen molar-refractivity contribution in [3.8, 4) is 0 Å². The zero-order valence-corrected chi connectivity index (χ0v) is 7.78. The minimum atomic E-state index is -0.577. The van der Waals surface area contributed by atoms with Crippen molar-refractivity contribution in [2.24, 2.45) is 5.41 Å². The largest absolute Gasteiger partial charge is 0.311 e. The summed E-state index contributed by atoms with van der Waals surface area (Å²) in [6.45, 7) is 3.31. The number of halogens is 1. The Morgan fingerprint density at radius 1 is 1.42 bits per heavy atom. The lowest BCUT2D eigenvalue weighted by Gasteiger charge is -2.17. The summed E-state index contributed by atoms with van der Waals surface area (Å²) in [5.41, 5.74) is 0.516. The molecule has 0 aliphatic heterocycles. The zero-order valence-electron chi connectivity index (χ0n) is 7.78. The van der Waals surface area contributed by atoms with Gasteiger partial charge in [-0.15, -0.1) is 0 Å². The van der Waals surface area contributed by atoms with Crippen molar-refractivity contribution >= 4 is 0 Å². The molecule has 1 N–H and O–H groups in total. The van der Waals surface area contributed by atoms with Crippen molar-refractivity contribution in [1.29, 1.82) is 0 Å². The van der Waals surface area contributed by atoms with Crippen LogP contribution in [0, 0.1) is 5.41 Å². The highest BCUT2D eigenvalue weighted by molar-refractivity contribution is 4.93. The van der Waals surface area contributed by atoms with Gasteiger partial charge in [0.25, 0.3) is 0 Å². The molecule has 0 spiro atoms. The summed E-state index contributed by atoms with van der Waals surface area (Å²) in [7, 11) is 0. The fraction of sp³-hybridized carbons (Fsp3) is 1.00. The van der Waals surface area contributed by atoms with Gasteiger partial charge >= 0.3 is 0 Å². The summed E-state index contributed by atoms with van der Waals surface area (Å²) in [5.74, 6) is 0. The van der Waals surface area contributed by atoms with Crippen molar-refractivity contribution in [3.63, 3.8) is 0 Å². The number of nitrogens with one attached hydrogen (secondary N) is 1. The molecule has 2 heteroatoms. The lowest BCUT2D eigenvalue weighted by molar-refractivity contribution is 0.270. The van der Waals surface area contributed by atoms with E-state index in [1.165, 1.54) is 12.8 Å². The first-order chi connectivity index (χ1) is 5.70. The summed E-state index contributed by atoms with van der Waals surface area (Å²) in [6, 6.07) is 0.169. The van der Waals surface area contributed by atoms with Gasteiger partial charge in [0, 0.05) is 12.6 Å². The molecule has 0 aromatic heterocycles. The van der Waals surface area contributed by atoms with Gasteiger partial charge in [-0.05, 0) is 37.5 Å². The van der Waals surface area contributed by atoms with Gasteiger partial charge in [-0.3, -0.25) is 0 Å². The topological polar surface area (TPSA) is 12.0 Å². The van der Waals surface area contributed by atoms with E-state index in [9.17, 15) is 4.39 Å². The van der Waals surface area contributed by atoms with E-state index in [0.29, 0.717) is 5.41 Å². The van der Waals surface area contributed by atoms with E-state index in [0.717, 1.165) is 25.8 Å². The predicted molar refractivity (Wildman–Crippen MR) is 47.9 cm³/mol. The van der Waals surface area contributed by atoms with Crippen molar-refractivity contribution in [2.75, 3.05) is 6.54 Å². The maximum Gasteiger partial charge on any atom is 0.115 e. The first kappa shape index (κ1) is 8.49. The third-order valence-corrected chi connectivity index (χ3v) is 3.33. The number of hydrogen-bond acceptors (Lipinski definition) is 1. The summed E-state index contributed by atoms with van der Waals surface area (Å²) in [5, 5.41) is 3.36. The van der Waals surface area contributed by atoms with Crippen LogP contribution in [0.3, 0.4) is 0 Å². The average Bonchev–Trinajstić information content (AvgIpc) is 2.61. The van der Waals surface area contributed by atoms with Crippen LogP contribution >= 0.6 is 0 Å². The van der Waals surface area contributed by atoms with Gasteiger partial charge in [-0.2, -0.15) is 0 Å². The van der Waals surface area contributed by atoms with E-state index < -0.39 is 6.17 Å². The van der Waals surface area contributed by atoms with Gasteiger partial charge in [0.15, 0.2) is 0 Å². The lowest BCUT2D eigenvalue weighted by atomic mass is 10.1. The van der Waals surface area contributed by atoms with Gasteiger partial charge in [0.05, 0.1) is 0 Å². The minimum absolute atomic E-state index is 0.169. The van der Waals surface area contributed by atoms with Crippen LogP contribution in [0.15, 0.2) is 0 Å². The monoisotopic (exact) mass is 171 g/mol. The van der Waals surface area contributed by atoms with E-state index >= 15 is 0 Å². The number of alkyl halides is 1. The van der Waals surface area contributed by atoms with Crippen LogP contribution in [0.25, 0.3) is 0 Å². The van der Waals surface area contributed by atoms with Crippen molar-refractivity contribution in [1.82, 2.24) is 5.32 Å². The van der Waals surface area contributed by atoms with Crippen LogP contribution in [0.1, 0.15) is 39.0 Å². The van der Waals surface area contributed by atoms with Crippen molar-refractivity contribution < 1.29 is 4.39 Å². The number of hydrogen-bond donors (Lipinski definition) is 1. The third-order valence-electron chi connectivity index (χ3n) is 3.33. The van der Waals surface area contributed by atoms with Crippen LogP contribution in [0.2, 0.25) is 0 Å². The van der Waals surface area contributed by atoms with Crippen molar-refractivity contribution in [3.05, 3.63) is 0 Å². The maximum absolute atomic E-state index is 13.1. The molecule has 12 heavy (non-hydrogen) atoms.